The standard InChI is InChI=1S/C13H17N3O3/c1-19-12-8-2-3-9(12)7-16(6-8)13(18)10-4-15-11(17)5-14-10/h4-5,8-9,12H,2-3,6-7H2,1H3,(H,15,17)/t8-,9+,12?. The van der Waals surface area contributed by atoms with Crippen LogP contribution >= 0.6 is 0 Å². The summed E-state index contributed by atoms with van der Waals surface area (Å²) in [4.78, 5) is 31.5. The van der Waals surface area contributed by atoms with Crippen molar-refractivity contribution >= 4 is 5.91 Å². The van der Waals surface area contributed by atoms with E-state index in [9.17, 15) is 9.59 Å². The number of aromatic nitrogens is 2. The van der Waals surface area contributed by atoms with Gasteiger partial charge in [0.2, 0.25) is 0 Å². The SMILES string of the molecule is COC1[C@@H]2CC[C@H]1CN(C(=O)c1c[nH]c(=O)cn1)C2. The fourth-order valence-electron chi connectivity index (χ4n) is 3.34. The number of hydrogen-bond donors (Lipinski definition) is 1. The number of nitrogens with one attached hydrogen (secondary N) is 1. The maximum atomic E-state index is 12.3. The molecule has 0 radical (unpaired) electrons. The Hall–Kier alpha value is -1.69. The molecular weight excluding hydrogens is 246 g/mol. The number of nitrogens with zero attached hydrogens (tertiary/aromatic N) is 2. The highest BCUT2D eigenvalue weighted by Gasteiger charge is 2.43. The molecule has 6 heteroatoms. The molecule has 2 fully saturated rings. The van der Waals surface area contributed by atoms with E-state index < -0.39 is 0 Å². The van der Waals surface area contributed by atoms with Gasteiger partial charge in [-0.15, -0.1) is 0 Å². The number of rotatable bonds is 2. The van der Waals surface area contributed by atoms with Crippen molar-refractivity contribution in [3.8, 4) is 0 Å². The third-order valence-corrected chi connectivity index (χ3v) is 4.20. The van der Waals surface area contributed by atoms with Crippen molar-refractivity contribution in [3.63, 3.8) is 0 Å². The van der Waals surface area contributed by atoms with Gasteiger partial charge in [-0.3, -0.25) is 9.59 Å². The summed E-state index contributed by atoms with van der Waals surface area (Å²) in [6, 6.07) is 0. The van der Waals surface area contributed by atoms with Crippen molar-refractivity contribution in [2.75, 3.05) is 20.2 Å². The number of carbonyl (C=O) groups excluding carboxylic acids is 1. The van der Waals surface area contributed by atoms with Crippen molar-refractivity contribution in [2.45, 2.75) is 18.9 Å². The second-order valence-corrected chi connectivity index (χ2v) is 5.30. The molecule has 19 heavy (non-hydrogen) atoms. The van der Waals surface area contributed by atoms with Crippen LogP contribution in [-0.4, -0.2) is 47.1 Å². The first kappa shape index (κ1) is 12.3. The van der Waals surface area contributed by atoms with Gasteiger partial charge in [-0.2, -0.15) is 0 Å². The van der Waals surface area contributed by atoms with Crippen LogP contribution in [0, 0.1) is 11.8 Å². The van der Waals surface area contributed by atoms with E-state index >= 15 is 0 Å². The van der Waals surface area contributed by atoms with Crippen LogP contribution in [0.15, 0.2) is 17.2 Å². The summed E-state index contributed by atoms with van der Waals surface area (Å²) in [5.41, 5.74) is 0.00424. The van der Waals surface area contributed by atoms with Crippen LogP contribution in [0.4, 0.5) is 0 Å². The van der Waals surface area contributed by atoms with Crippen molar-refractivity contribution in [1.82, 2.24) is 14.9 Å². The average Bonchev–Trinajstić information content (AvgIpc) is 2.67. The normalized spacial score (nSPS) is 29.5. The summed E-state index contributed by atoms with van der Waals surface area (Å²) < 4.78 is 5.53. The van der Waals surface area contributed by atoms with Crippen LogP contribution < -0.4 is 5.56 Å². The molecule has 1 saturated carbocycles. The molecule has 3 atom stereocenters. The third-order valence-electron chi connectivity index (χ3n) is 4.20. The first-order chi connectivity index (χ1) is 9.19. The molecular formula is C13H17N3O3. The van der Waals surface area contributed by atoms with Crippen molar-refractivity contribution in [1.29, 1.82) is 0 Å². The van der Waals surface area contributed by atoms with Gasteiger partial charge in [0, 0.05) is 38.2 Å². The van der Waals surface area contributed by atoms with Crippen LogP contribution in [-0.2, 0) is 4.74 Å². The average molecular weight is 263 g/mol. The summed E-state index contributed by atoms with van der Waals surface area (Å²) in [5, 5.41) is 0. The van der Waals surface area contributed by atoms with E-state index in [4.69, 9.17) is 4.74 Å². The number of hydrogen-bond acceptors (Lipinski definition) is 4. The quantitative estimate of drug-likeness (QED) is 0.831. The topological polar surface area (TPSA) is 75.3 Å². The second kappa shape index (κ2) is 4.77. The smallest absolute Gasteiger partial charge is 0.273 e. The highest BCUT2D eigenvalue weighted by Crippen LogP contribution is 2.38. The Labute approximate surface area is 110 Å². The highest BCUT2D eigenvalue weighted by molar-refractivity contribution is 5.92. The summed E-state index contributed by atoms with van der Waals surface area (Å²) in [6.07, 6.45) is 5.05. The molecule has 3 rings (SSSR count). The largest absolute Gasteiger partial charge is 0.381 e. The number of carbonyl (C=O) groups is 1. The number of methoxy groups -OCH3 is 1. The molecule has 1 unspecified atom stereocenters. The molecule has 1 saturated heterocycles. The molecule has 1 amide bonds. The molecule has 1 aliphatic carbocycles. The van der Waals surface area contributed by atoms with Crippen LogP contribution in [0.5, 0.6) is 0 Å². The summed E-state index contributed by atoms with van der Waals surface area (Å²) in [5.74, 6) is 0.744. The Morgan fingerprint density at radius 2 is 2.11 bits per heavy atom. The lowest BCUT2D eigenvalue weighted by Gasteiger charge is -2.37. The van der Waals surface area contributed by atoms with Gasteiger partial charge in [0.1, 0.15) is 5.69 Å². The van der Waals surface area contributed by atoms with Gasteiger partial charge in [0.25, 0.3) is 11.5 Å². The zero-order valence-corrected chi connectivity index (χ0v) is 10.8. The monoisotopic (exact) mass is 263 g/mol. The van der Waals surface area contributed by atoms with E-state index in [1.54, 1.807) is 7.11 Å². The lowest BCUT2D eigenvalue weighted by Crippen LogP contribution is -2.48. The number of H-pyrrole nitrogens is 1. The molecule has 1 aliphatic heterocycles. The highest BCUT2D eigenvalue weighted by atomic mass is 16.5. The maximum absolute atomic E-state index is 12.3. The molecule has 1 aromatic rings. The van der Waals surface area contributed by atoms with Crippen LogP contribution in [0.25, 0.3) is 0 Å². The summed E-state index contributed by atoms with van der Waals surface area (Å²) in [6.45, 7) is 1.43. The molecule has 2 aliphatic rings. The Morgan fingerprint density at radius 1 is 1.42 bits per heavy atom. The first-order valence-electron chi connectivity index (χ1n) is 6.56. The molecule has 102 valence electrons. The molecule has 0 spiro atoms. The predicted octanol–water partition coefficient (Wildman–Crippen LogP) is 0.267. The number of piperidine rings is 1. The second-order valence-electron chi connectivity index (χ2n) is 5.30. The summed E-state index contributed by atoms with van der Waals surface area (Å²) in [7, 11) is 1.75. The fourth-order valence-corrected chi connectivity index (χ4v) is 3.34. The lowest BCUT2D eigenvalue weighted by atomic mass is 9.94. The molecule has 1 N–H and O–H groups in total. The van der Waals surface area contributed by atoms with Gasteiger partial charge >= 0.3 is 0 Å². The van der Waals surface area contributed by atoms with Gasteiger partial charge in [-0.1, -0.05) is 0 Å². The molecule has 0 aromatic carbocycles. The van der Waals surface area contributed by atoms with Crippen LogP contribution in [0.3, 0.4) is 0 Å². The zero-order chi connectivity index (χ0) is 13.4. The Balaban J connectivity index is 1.76. The van der Waals surface area contributed by atoms with E-state index in [1.807, 2.05) is 4.90 Å². The lowest BCUT2D eigenvalue weighted by molar-refractivity contribution is -0.0115. The molecule has 2 bridgehead atoms. The van der Waals surface area contributed by atoms with Gasteiger partial charge in [-0.05, 0) is 12.8 Å². The van der Waals surface area contributed by atoms with Gasteiger partial charge in [-0.25, -0.2) is 4.98 Å². The number of fused-ring (bicyclic) bond motifs is 2. The number of amides is 1. The van der Waals surface area contributed by atoms with Gasteiger partial charge in [0.15, 0.2) is 0 Å². The minimum atomic E-state index is -0.297. The summed E-state index contributed by atoms with van der Waals surface area (Å²) >= 11 is 0. The van der Waals surface area contributed by atoms with Gasteiger partial charge < -0.3 is 14.6 Å². The molecule has 1 aromatic heterocycles. The number of ether oxygens (including phenoxy) is 1. The van der Waals surface area contributed by atoms with Crippen LogP contribution in [0.1, 0.15) is 23.3 Å². The van der Waals surface area contributed by atoms with E-state index in [-0.39, 0.29) is 17.6 Å². The Morgan fingerprint density at radius 3 is 2.63 bits per heavy atom. The van der Waals surface area contributed by atoms with E-state index in [1.165, 1.54) is 6.20 Å². The van der Waals surface area contributed by atoms with E-state index in [2.05, 4.69) is 9.97 Å². The van der Waals surface area contributed by atoms with E-state index in [0.29, 0.717) is 30.6 Å². The minimum Gasteiger partial charge on any atom is -0.381 e. The Kier molecular flexibility index (Phi) is 3.10. The van der Waals surface area contributed by atoms with Crippen LogP contribution in [0.2, 0.25) is 0 Å². The molecule has 6 nitrogen and oxygen atoms in total. The Bertz CT molecular complexity index is 508. The maximum Gasteiger partial charge on any atom is 0.273 e. The van der Waals surface area contributed by atoms with E-state index in [0.717, 1.165) is 19.0 Å². The molecule has 2 heterocycles. The predicted molar refractivity (Wildman–Crippen MR) is 67.8 cm³/mol. The fraction of sp³-hybridized carbons (Fsp3) is 0.615. The van der Waals surface area contributed by atoms with Crippen molar-refractivity contribution in [2.24, 2.45) is 11.8 Å². The van der Waals surface area contributed by atoms with Crippen molar-refractivity contribution in [3.05, 3.63) is 28.4 Å². The third kappa shape index (κ3) is 2.16. The number of aromatic amines is 1. The first-order valence-corrected chi connectivity index (χ1v) is 6.56. The minimum absolute atomic E-state index is 0.109. The number of likely N-dealkylation sites (tertiary alicyclic amines) is 1. The van der Waals surface area contributed by atoms with Gasteiger partial charge in [0.05, 0.1) is 12.3 Å². The van der Waals surface area contributed by atoms with Crippen molar-refractivity contribution < 1.29 is 9.53 Å². The zero-order valence-electron chi connectivity index (χ0n) is 10.8.